The van der Waals surface area contributed by atoms with Crippen molar-refractivity contribution in [1.82, 2.24) is 0 Å². The molecule has 0 aliphatic heterocycles. The van der Waals surface area contributed by atoms with Gasteiger partial charge in [-0.2, -0.15) is 39.5 Å². The fourth-order valence-electron chi connectivity index (χ4n) is 0.717. The van der Waals surface area contributed by atoms with Crippen LogP contribution in [0, 0.1) is 0 Å². The third-order valence-electron chi connectivity index (χ3n) is 1.57. The van der Waals surface area contributed by atoms with E-state index in [1.165, 1.54) is 0 Å². The van der Waals surface area contributed by atoms with Crippen molar-refractivity contribution < 1.29 is 65.1 Å². The van der Waals surface area contributed by atoms with Crippen LogP contribution in [-0.4, -0.2) is 110 Å². The Morgan fingerprint density at radius 2 is 0.783 bits per heavy atom. The van der Waals surface area contributed by atoms with Crippen molar-refractivity contribution in [3.05, 3.63) is 0 Å². The van der Waals surface area contributed by atoms with Crippen LogP contribution in [0.15, 0.2) is 0 Å². The van der Waals surface area contributed by atoms with Crippen LogP contribution in [0.5, 0.6) is 0 Å². The first kappa shape index (κ1) is 26.5. The second-order valence-electron chi connectivity index (χ2n) is 3.10. The molecule has 6 nitrogen and oxygen atoms in total. The molecule has 19 heteroatoms. The van der Waals surface area contributed by atoms with Crippen molar-refractivity contribution in [1.29, 1.82) is 0 Å². The monoisotopic (exact) mass is 544 g/mol. The van der Waals surface area contributed by atoms with Gasteiger partial charge in [0.15, 0.2) is 0 Å². The van der Waals surface area contributed by atoms with Gasteiger partial charge in [-0.3, -0.25) is 0 Å². The molecule has 2 radical (unpaired) electrons. The van der Waals surface area contributed by atoms with Crippen molar-refractivity contribution in [3.63, 3.8) is 0 Å². The summed E-state index contributed by atoms with van der Waals surface area (Å²) in [4.78, 5) is 0. The minimum atomic E-state index is -8.02. The molecular weight excluding hydrogens is 544 g/mol. The van der Waals surface area contributed by atoms with E-state index in [4.69, 9.17) is 0 Å². The van der Waals surface area contributed by atoms with Crippen LogP contribution in [-0.2, 0) is 34.0 Å². The predicted molar refractivity (Wildman–Crippen MR) is 55.6 cm³/mol. The van der Waals surface area contributed by atoms with Gasteiger partial charge in [0.05, 0.1) is 0 Å². The molecule has 0 heterocycles. The van der Waals surface area contributed by atoms with Crippen LogP contribution in [0.25, 0.3) is 0 Å². The Bertz CT molecular complexity index is 729. The summed E-state index contributed by atoms with van der Waals surface area (Å²) in [6, 6.07) is 0. The largest absolute Gasteiger partial charge is 0.503 e. The molecule has 0 saturated carbocycles. The average Bonchev–Trinajstić information content (AvgIpc) is 2.09. The summed E-state index contributed by atoms with van der Waals surface area (Å²) in [5.41, 5.74) is -21.2. The third kappa shape index (κ3) is 4.93. The Balaban J connectivity index is 0. The van der Waals surface area contributed by atoms with Crippen molar-refractivity contribution >= 4 is 102 Å². The van der Waals surface area contributed by atoms with E-state index >= 15 is 0 Å². The first-order chi connectivity index (χ1) is 9.12. The summed E-state index contributed by atoms with van der Waals surface area (Å²) in [6.07, 6.45) is 0. The van der Waals surface area contributed by atoms with Crippen LogP contribution in [0.3, 0.4) is 0 Å². The summed E-state index contributed by atoms with van der Waals surface area (Å²) in [5.74, 6) is 0. The molecule has 0 aromatic carbocycles. The minimum absolute atomic E-state index is 0. The van der Waals surface area contributed by atoms with E-state index in [9.17, 15) is 65.1 Å². The zero-order chi connectivity index (χ0) is 18.6. The number of halogens is 9. The molecule has 0 fully saturated rings. The van der Waals surface area contributed by atoms with Gasteiger partial charge in [-0.05, 0) is 0 Å². The van der Waals surface area contributed by atoms with Gasteiger partial charge in [0.2, 0.25) is 9.80 Å². The summed E-state index contributed by atoms with van der Waals surface area (Å²) in [7, 11) is -24.1. The Labute approximate surface area is 180 Å². The number of hydrogen-bond acceptors (Lipinski definition) is 5. The average molecular weight is 544 g/mol. The first-order valence-corrected chi connectivity index (χ1v) is 8.38. The Kier molecular flexibility index (Phi) is 8.23. The molecule has 0 spiro atoms. The fourth-order valence-corrected chi connectivity index (χ4v) is 6.45. The molecule has 0 amide bonds. The van der Waals surface area contributed by atoms with Gasteiger partial charge in [0.1, 0.15) is 0 Å². The third-order valence-corrected chi connectivity index (χ3v) is 8.67. The molecule has 23 heavy (non-hydrogen) atoms. The summed E-state index contributed by atoms with van der Waals surface area (Å²) >= 11 is 0. The van der Waals surface area contributed by atoms with Crippen molar-refractivity contribution in [2.45, 2.75) is 16.5 Å². The van der Waals surface area contributed by atoms with Crippen LogP contribution in [0.4, 0.5) is 39.5 Å². The number of rotatable bonds is 0. The van der Waals surface area contributed by atoms with Crippen molar-refractivity contribution in [2.75, 3.05) is 0 Å². The molecule has 0 aliphatic carbocycles. The topological polar surface area (TPSA) is 105 Å². The van der Waals surface area contributed by atoms with Gasteiger partial charge in [-0.25, -0.2) is 21.0 Å². The molecule has 134 valence electrons. The number of sulfone groups is 2. The van der Waals surface area contributed by atoms with E-state index in [1.54, 1.807) is 0 Å². The molecule has 1 atom stereocenters. The molecule has 0 saturated heterocycles. The normalized spacial score (nSPS) is 17.1. The SMILES string of the molecule is [Cs].[O]S(=O)(=C(S(=O)(=O)C(F)(F)F)S(=O)(=O)C(F)(F)F)C(F)(F)F. The van der Waals surface area contributed by atoms with Gasteiger partial charge < -0.3 is 0 Å². The zero-order valence-electron chi connectivity index (χ0n) is 10.1. The van der Waals surface area contributed by atoms with Gasteiger partial charge in [-0.1, -0.05) is 0 Å². The van der Waals surface area contributed by atoms with Crippen molar-refractivity contribution in [2.24, 2.45) is 0 Å². The van der Waals surface area contributed by atoms with E-state index in [0.29, 0.717) is 0 Å². The standard InChI is InChI=1S/C4F9O6S3.Cs/c5-2(6,7)20(14,15)1(21(16,17)3(8,9)10)22(18,19)4(11,12)13;. The fraction of sp³-hybridized carbons (Fsp3) is 0.750. The van der Waals surface area contributed by atoms with E-state index in [1.807, 2.05) is 0 Å². The Hall–Kier alpha value is 1.30. The molecule has 0 aromatic heterocycles. The molecule has 0 rings (SSSR count). The van der Waals surface area contributed by atoms with Crippen LogP contribution >= 0.6 is 0 Å². The van der Waals surface area contributed by atoms with Gasteiger partial charge >= 0.3 is 16.5 Å². The van der Waals surface area contributed by atoms with E-state index in [2.05, 4.69) is 0 Å². The Morgan fingerprint density at radius 3 is 0.913 bits per heavy atom. The number of hydrogen-bond donors (Lipinski definition) is 0. The maximum Gasteiger partial charge on any atom is 0.503 e. The summed E-state index contributed by atoms with van der Waals surface area (Å²) in [5, 5.41) is 0. The summed E-state index contributed by atoms with van der Waals surface area (Å²) < 4.78 is 167. The second-order valence-corrected chi connectivity index (χ2v) is 9.51. The molecule has 0 N–H and O–H groups in total. The quantitative estimate of drug-likeness (QED) is 0.330. The molecule has 0 aromatic rings. The summed E-state index contributed by atoms with van der Waals surface area (Å²) in [6.45, 7) is 0. The molecular formula is C4CsF9O6S3. The molecule has 1 unspecified atom stereocenters. The van der Waals surface area contributed by atoms with Crippen LogP contribution < -0.4 is 0 Å². The first-order valence-electron chi connectivity index (χ1n) is 3.93. The Morgan fingerprint density at radius 1 is 0.565 bits per heavy atom. The maximum absolute atomic E-state index is 12.0. The number of alkyl halides is 9. The van der Waals surface area contributed by atoms with E-state index in [0.717, 1.165) is 0 Å². The smallest absolute Gasteiger partial charge is 0.226 e. The molecule has 0 aliphatic rings. The minimum Gasteiger partial charge on any atom is -0.226 e. The molecule has 0 bridgehead atoms. The zero-order valence-corrected chi connectivity index (χ0v) is 18.8. The van der Waals surface area contributed by atoms with Gasteiger partial charge in [-0.15, -0.1) is 4.55 Å². The van der Waals surface area contributed by atoms with Crippen LogP contribution in [0.1, 0.15) is 0 Å². The predicted octanol–water partition coefficient (Wildman–Crippen LogP) is 0.712. The second kappa shape index (κ2) is 7.14. The maximum atomic E-state index is 12.0. The van der Waals surface area contributed by atoms with Crippen molar-refractivity contribution in [3.8, 4) is 0 Å². The van der Waals surface area contributed by atoms with Gasteiger partial charge in [0.25, 0.3) is 23.2 Å². The van der Waals surface area contributed by atoms with Crippen LogP contribution in [0.2, 0.25) is 0 Å². The van der Waals surface area contributed by atoms with E-state index in [-0.39, 0.29) is 68.9 Å². The van der Waals surface area contributed by atoms with E-state index < -0.39 is 49.5 Å². The van der Waals surface area contributed by atoms with Gasteiger partial charge in [0, 0.05) is 68.9 Å².